The van der Waals surface area contributed by atoms with Crippen molar-refractivity contribution in [2.75, 3.05) is 21.3 Å². The Morgan fingerprint density at radius 2 is 1.84 bits per heavy atom. The molecule has 0 radical (unpaired) electrons. The van der Waals surface area contributed by atoms with E-state index < -0.39 is 13.8 Å². The molecule has 5 heteroatoms. The molecule has 1 aliphatic carbocycles. The Kier molecular flexibility index (Phi) is 4.31. The fourth-order valence-electron chi connectivity index (χ4n) is 2.62. The molecule has 0 N–H and O–H groups in total. The lowest BCUT2D eigenvalue weighted by Gasteiger charge is -2.41. The van der Waals surface area contributed by atoms with Gasteiger partial charge in [0.15, 0.2) is 0 Å². The molecule has 0 bridgehead atoms. The fourth-order valence-corrected chi connectivity index (χ4v) is 5.34. The standard InChI is InChI=1S/C14H19NO3Si/c1-16-19(17-2,18-3)14(10-6-4-7-11-14)13-9-5-8-12-15-13/h4-10,12H,11H2,1-3H3. The van der Waals surface area contributed by atoms with E-state index in [1.165, 1.54) is 0 Å². The molecule has 1 atom stereocenters. The Morgan fingerprint density at radius 1 is 1.11 bits per heavy atom. The second-order valence-electron chi connectivity index (χ2n) is 4.35. The van der Waals surface area contributed by atoms with Crippen LogP contribution in [0, 0.1) is 0 Å². The maximum Gasteiger partial charge on any atom is 0.517 e. The van der Waals surface area contributed by atoms with Crippen molar-refractivity contribution in [3.05, 3.63) is 54.4 Å². The molecule has 4 nitrogen and oxygen atoms in total. The number of aromatic nitrogens is 1. The van der Waals surface area contributed by atoms with Crippen LogP contribution in [0.5, 0.6) is 0 Å². The summed E-state index contributed by atoms with van der Waals surface area (Å²) < 4.78 is 17.1. The van der Waals surface area contributed by atoms with Crippen LogP contribution in [0.15, 0.2) is 48.7 Å². The first-order chi connectivity index (χ1) is 9.24. The lowest BCUT2D eigenvalue weighted by Crippen LogP contribution is -2.61. The minimum absolute atomic E-state index is 0.471. The average molecular weight is 277 g/mol. The number of nitrogens with zero attached hydrogens (tertiary/aromatic N) is 1. The Morgan fingerprint density at radius 3 is 2.32 bits per heavy atom. The van der Waals surface area contributed by atoms with Gasteiger partial charge in [0.25, 0.3) is 0 Å². The van der Waals surface area contributed by atoms with Gasteiger partial charge in [0.1, 0.15) is 5.04 Å². The minimum Gasteiger partial charge on any atom is -0.376 e. The zero-order chi connectivity index (χ0) is 13.8. The summed E-state index contributed by atoms with van der Waals surface area (Å²) in [6, 6.07) is 5.86. The summed E-state index contributed by atoms with van der Waals surface area (Å²) in [4.78, 5) is 4.49. The van der Waals surface area contributed by atoms with Crippen LogP contribution < -0.4 is 0 Å². The highest BCUT2D eigenvalue weighted by molar-refractivity contribution is 6.65. The molecule has 0 spiro atoms. The first-order valence-corrected chi connectivity index (χ1v) is 7.88. The summed E-state index contributed by atoms with van der Waals surface area (Å²) in [6.45, 7) is 0. The third-order valence-electron chi connectivity index (χ3n) is 3.54. The van der Waals surface area contributed by atoms with Crippen LogP contribution in [0.2, 0.25) is 0 Å². The first-order valence-electron chi connectivity index (χ1n) is 6.16. The van der Waals surface area contributed by atoms with E-state index in [4.69, 9.17) is 13.3 Å². The van der Waals surface area contributed by atoms with Crippen molar-refractivity contribution in [2.24, 2.45) is 0 Å². The zero-order valence-electron chi connectivity index (χ0n) is 11.5. The molecule has 0 aromatic carbocycles. The smallest absolute Gasteiger partial charge is 0.376 e. The van der Waals surface area contributed by atoms with Gasteiger partial charge in [-0.15, -0.1) is 0 Å². The summed E-state index contributed by atoms with van der Waals surface area (Å²) in [6.07, 6.45) is 10.7. The molecule has 102 valence electrons. The summed E-state index contributed by atoms with van der Waals surface area (Å²) in [7, 11) is 2.00. The molecule has 0 saturated heterocycles. The van der Waals surface area contributed by atoms with Crippen LogP contribution in [0.1, 0.15) is 12.1 Å². The molecule has 0 amide bonds. The van der Waals surface area contributed by atoms with Crippen molar-refractivity contribution in [2.45, 2.75) is 11.5 Å². The molecule has 1 aromatic heterocycles. The highest BCUT2D eigenvalue weighted by Crippen LogP contribution is 2.41. The Labute approximate surface area is 115 Å². The second kappa shape index (κ2) is 5.79. The number of hydrogen-bond donors (Lipinski definition) is 0. The van der Waals surface area contributed by atoms with Gasteiger partial charge in [0, 0.05) is 27.5 Å². The highest BCUT2D eigenvalue weighted by atomic mass is 28.4. The zero-order valence-corrected chi connectivity index (χ0v) is 12.5. The lowest BCUT2D eigenvalue weighted by atomic mass is 9.95. The van der Waals surface area contributed by atoms with Crippen molar-refractivity contribution in [3.63, 3.8) is 0 Å². The summed E-state index contributed by atoms with van der Waals surface area (Å²) in [5.41, 5.74) is 0.910. The predicted octanol–water partition coefficient (Wildman–Crippen LogP) is 2.25. The monoisotopic (exact) mass is 277 g/mol. The minimum atomic E-state index is -2.91. The Hall–Kier alpha value is -1.27. The molecule has 1 aromatic rings. The molecule has 0 saturated carbocycles. The number of hydrogen-bond acceptors (Lipinski definition) is 4. The van der Waals surface area contributed by atoms with Crippen molar-refractivity contribution in [3.8, 4) is 0 Å². The molecule has 0 aliphatic heterocycles. The van der Waals surface area contributed by atoms with Crippen LogP contribution in [-0.4, -0.2) is 35.1 Å². The molecular formula is C14H19NO3Si. The van der Waals surface area contributed by atoms with Crippen LogP contribution in [0.4, 0.5) is 0 Å². The van der Waals surface area contributed by atoms with Crippen LogP contribution in [0.3, 0.4) is 0 Å². The van der Waals surface area contributed by atoms with Crippen molar-refractivity contribution < 1.29 is 13.3 Å². The van der Waals surface area contributed by atoms with Gasteiger partial charge >= 0.3 is 8.80 Å². The largest absolute Gasteiger partial charge is 0.517 e. The van der Waals surface area contributed by atoms with E-state index in [0.29, 0.717) is 0 Å². The predicted molar refractivity (Wildman–Crippen MR) is 75.6 cm³/mol. The molecule has 19 heavy (non-hydrogen) atoms. The number of rotatable bonds is 5. The molecule has 0 fully saturated rings. The normalized spacial score (nSPS) is 22.7. The van der Waals surface area contributed by atoms with Crippen molar-refractivity contribution >= 4 is 8.80 Å². The van der Waals surface area contributed by atoms with Crippen LogP contribution in [0.25, 0.3) is 0 Å². The molecule has 2 rings (SSSR count). The van der Waals surface area contributed by atoms with Gasteiger partial charge in [-0.1, -0.05) is 30.4 Å². The van der Waals surface area contributed by atoms with Gasteiger partial charge in [-0.2, -0.15) is 0 Å². The Balaban J connectivity index is 2.59. The van der Waals surface area contributed by atoms with E-state index in [9.17, 15) is 0 Å². The third-order valence-corrected chi connectivity index (χ3v) is 6.87. The quantitative estimate of drug-likeness (QED) is 0.774. The van der Waals surface area contributed by atoms with Gasteiger partial charge in [-0.3, -0.25) is 4.98 Å². The molecule has 1 aliphatic rings. The van der Waals surface area contributed by atoms with Crippen LogP contribution >= 0.6 is 0 Å². The van der Waals surface area contributed by atoms with Crippen LogP contribution in [-0.2, 0) is 18.3 Å². The maximum absolute atomic E-state index is 5.70. The van der Waals surface area contributed by atoms with E-state index in [0.717, 1.165) is 12.1 Å². The van der Waals surface area contributed by atoms with Gasteiger partial charge in [0.2, 0.25) is 0 Å². The molecule has 1 unspecified atom stereocenters. The SMILES string of the molecule is CO[Si](OC)(OC)C1(c2ccccn2)C=CC=CC1. The summed E-state index contributed by atoms with van der Waals surface area (Å²) in [5, 5.41) is -0.471. The van der Waals surface area contributed by atoms with Gasteiger partial charge in [-0.05, 0) is 18.6 Å². The lowest BCUT2D eigenvalue weighted by molar-refractivity contribution is 0.0985. The fraction of sp³-hybridized carbons (Fsp3) is 0.357. The second-order valence-corrected chi connectivity index (χ2v) is 7.58. The van der Waals surface area contributed by atoms with E-state index >= 15 is 0 Å². The third kappa shape index (κ3) is 2.19. The Bertz CT molecular complexity index is 463. The van der Waals surface area contributed by atoms with E-state index in [-0.39, 0.29) is 0 Å². The summed E-state index contributed by atoms with van der Waals surface area (Å²) in [5.74, 6) is 0. The number of allylic oxidation sites excluding steroid dienone is 4. The molecule has 1 heterocycles. The summed E-state index contributed by atoms with van der Waals surface area (Å²) >= 11 is 0. The highest BCUT2D eigenvalue weighted by Gasteiger charge is 2.60. The van der Waals surface area contributed by atoms with E-state index in [1.807, 2.05) is 30.4 Å². The van der Waals surface area contributed by atoms with Gasteiger partial charge in [0.05, 0.1) is 5.69 Å². The van der Waals surface area contributed by atoms with Crippen molar-refractivity contribution in [1.82, 2.24) is 4.98 Å². The number of pyridine rings is 1. The first kappa shape index (κ1) is 14.1. The van der Waals surface area contributed by atoms with Gasteiger partial charge in [-0.25, -0.2) is 0 Å². The van der Waals surface area contributed by atoms with Crippen molar-refractivity contribution in [1.29, 1.82) is 0 Å². The van der Waals surface area contributed by atoms with E-state index in [1.54, 1.807) is 27.5 Å². The van der Waals surface area contributed by atoms with E-state index in [2.05, 4.69) is 17.1 Å². The van der Waals surface area contributed by atoms with Gasteiger partial charge < -0.3 is 13.3 Å². The molecular weight excluding hydrogens is 258 g/mol. The average Bonchev–Trinajstić information content (AvgIpc) is 2.51. The maximum atomic E-state index is 5.70. The topological polar surface area (TPSA) is 40.6 Å².